The Labute approximate surface area is 117 Å². The number of hydrogen-bond acceptors (Lipinski definition) is 3. The van der Waals surface area contributed by atoms with E-state index in [1.165, 1.54) is 4.90 Å². The summed E-state index contributed by atoms with van der Waals surface area (Å²) < 4.78 is 0. The zero-order valence-corrected chi connectivity index (χ0v) is 11.2. The van der Waals surface area contributed by atoms with Crippen molar-refractivity contribution >= 4 is 12.0 Å². The summed E-state index contributed by atoms with van der Waals surface area (Å²) in [7, 11) is 0. The van der Waals surface area contributed by atoms with Crippen LogP contribution in [0.15, 0.2) is 24.3 Å². The number of nitrogens with two attached hydrogens (primary N) is 1. The molecule has 108 valence electrons. The Morgan fingerprint density at radius 2 is 2.25 bits per heavy atom. The minimum absolute atomic E-state index is 0.131. The lowest BCUT2D eigenvalue weighted by Gasteiger charge is -2.31. The number of amides is 2. The molecule has 1 saturated heterocycles. The van der Waals surface area contributed by atoms with Gasteiger partial charge in [-0.15, -0.1) is 0 Å². The number of carbonyl (C=O) groups excluding carboxylic acids is 1. The molecule has 1 aromatic carbocycles. The summed E-state index contributed by atoms with van der Waals surface area (Å²) in [4.78, 5) is 24.4. The largest absolute Gasteiger partial charge is 0.465 e. The quantitative estimate of drug-likeness (QED) is 0.768. The summed E-state index contributed by atoms with van der Waals surface area (Å²) >= 11 is 0. The highest BCUT2D eigenvalue weighted by molar-refractivity contribution is 5.94. The van der Waals surface area contributed by atoms with Gasteiger partial charge < -0.3 is 21.1 Å². The number of hydrogen-bond donors (Lipinski definition) is 3. The molecule has 1 fully saturated rings. The van der Waals surface area contributed by atoms with Crippen LogP contribution in [0.2, 0.25) is 0 Å². The van der Waals surface area contributed by atoms with Gasteiger partial charge in [-0.2, -0.15) is 0 Å². The Bertz CT molecular complexity index is 504. The van der Waals surface area contributed by atoms with E-state index in [-0.39, 0.29) is 11.9 Å². The van der Waals surface area contributed by atoms with Crippen molar-refractivity contribution in [3.05, 3.63) is 35.4 Å². The number of piperidine rings is 1. The number of nitrogens with one attached hydrogen (secondary N) is 1. The topological polar surface area (TPSA) is 95.7 Å². The highest BCUT2D eigenvalue weighted by Crippen LogP contribution is 2.11. The maximum Gasteiger partial charge on any atom is 0.407 e. The van der Waals surface area contributed by atoms with Gasteiger partial charge in [-0.25, -0.2) is 4.79 Å². The summed E-state index contributed by atoms with van der Waals surface area (Å²) in [5.74, 6) is -0.183. The van der Waals surface area contributed by atoms with Crippen LogP contribution >= 0.6 is 0 Å². The third-order valence-electron chi connectivity index (χ3n) is 3.45. The molecule has 4 N–H and O–H groups in total. The molecule has 0 aliphatic carbocycles. The fourth-order valence-electron chi connectivity index (χ4n) is 2.38. The zero-order valence-electron chi connectivity index (χ0n) is 11.2. The Balaban J connectivity index is 1.98. The first kappa shape index (κ1) is 14.3. The van der Waals surface area contributed by atoms with Crippen LogP contribution in [0, 0.1) is 0 Å². The van der Waals surface area contributed by atoms with Gasteiger partial charge in [0.15, 0.2) is 0 Å². The second-order valence-electron chi connectivity index (χ2n) is 4.95. The average Bonchev–Trinajstić information content (AvgIpc) is 2.47. The van der Waals surface area contributed by atoms with Gasteiger partial charge in [0, 0.05) is 31.2 Å². The monoisotopic (exact) mass is 277 g/mol. The Morgan fingerprint density at radius 1 is 1.45 bits per heavy atom. The van der Waals surface area contributed by atoms with E-state index >= 15 is 0 Å². The first-order valence-corrected chi connectivity index (χ1v) is 6.68. The first-order valence-electron chi connectivity index (χ1n) is 6.68. The number of rotatable bonds is 3. The van der Waals surface area contributed by atoms with E-state index in [0.717, 1.165) is 18.4 Å². The van der Waals surface area contributed by atoms with Crippen LogP contribution in [-0.4, -0.2) is 41.1 Å². The minimum Gasteiger partial charge on any atom is -0.465 e. The van der Waals surface area contributed by atoms with Gasteiger partial charge in [-0.3, -0.25) is 4.79 Å². The van der Waals surface area contributed by atoms with Crippen molar-refractivity contribution in [1.29, 1.82) is 0 Å². The van der Waals surface area contributed by atoms with Gasteiger partial charge in [-0.1, -0.05) is 12.1 Å². The van der Waals surface area contributed by atoms with Crippen molar-refractivity contribution in [2.45, 2.75) is 25.4 Å². The smallest absolute Gasteiger partial charge is 0.407 e. The zero-order chi connectivity index (χ0) is 14.5. The minimum atomic E-state index is -0.936. The van der Waals surface area contributed by atoms with Crippen molar-refractivity contribution < 1.29 is 14.7 Å². The van der Waals surface area contributed by atoms with Crippen LogP contribution < -0.4 is 11.1 Å². The van der Waals surface area contributed by atoms with Crippen LogP contribution in [0.1, 0.15) is 28.8 Å². The molecule has 1 aliphatic rings. The third kappa shape index (κ3) is 3.48. The van der Waals surface area contributed by atoms with Crippen LogP contribution in [0.4, 0.5) is 4.79 Å². The van der Waals surface area contributed by atoms with E-state index in [4.69, 9.17) is 10.8 Å². The predicted molar refractivity (Wildman–Crippen MR) is 74.4 cm³/mol. The molecule has 0 spiro atoms. The summed E-state index contributed by atoms with van der Waals surface area (Å²) in [6, 6.07) is 7.01. The second-order valence-corrected chi connectivity index (χ2v) is 4.95. The molecule has 0 aromatic heterocycles. The lowest BCUT2D eigenvalue weighted by atomic mass is 10.0. The van der Waals surface area contributed by atoms with Gasteiger partial charge in [0.25, 0.3) is 5.91 Å². The van der Waals surface area contributed by atoms with Gasteiger partial charge in [0.05, 0.1) is 0 Å². The van der Waals surface area contributed by atoms with Crippen molar-refractivity contribution in [1.82, 2.24) is 10.2 Å². The molecule has 1 unspecified atom stereocenters. The normalized spacial score (nSPS) is 18.6. The highest BCUT2D eigenvalue weighted by Gasteiger charge is 2.24. The highest BCUT2D eigenvalue weighted by atomic mass is 16.4. The SMILES string of the molecule is NCc1cccc(C(=O)NC2CCCN(C(=O)O)C2)c1. The number of carbonyl (C=O) groups is 2. The van der Waals surface area contributed by atoms with Gasteiger partial charge in [0.1, 0.15) is 0 Å². The molecule has 0 radical (unpaired) electrons. The molecular formula is C14H19N3O3. The summed E-state index contributed by atoms with van der Waals surface area (Å²) in [6.45, 7) is 1.26. The fourth-order valence-corrected chi connectivity index (χ4v) is 2.38. The number of likely N-dealkylation sites (tertiary alicyclic amines) is 1. The van der Waals surface area contributed by atoms with E-state index < -0.39 is 6.09 Å². The maximum atomic E-state index is 12.1. The van der Waals surface area contributed by atoms with Crippen molar-refractivity contribution in [2.24, 2.45) is 5.73 Å². The molecule has 1 atom stereocenters. The molecule has 2 amide bonds. The van der Waals surface area contributed by atoms with Crippen LogP contribution in [0.3, 0.4) is 0 Å². The van der Waals surface area contributed by atoms with E-state index in [0.29, 0.717) is 25.2 Å². The molecular weight excluding hydrogens is 258 g/mol. The number of benzene rings is 1. The van der Waals surface area contributed by atoms with Crippen LogP contribution in [-0.2, 0) is 6.54 Å². The first-order chi connectivity index (χ1) is 9.60. The van der Waals surface area contributed by atoms with Crippen molar-refractivity contribution in [2.75, 3.05) is 13.1 Å². The second kappa shape index (κ2) is 6.38. The van der Waals surface area contributed by atoms with Gasteiger partial charge in [0.2, 0.25) is 0 Å². The molecule has 1 aromatic rings. The lowest BCUT2D eigenvalue weighted by molar-refractivity contribution is 0.0888. The molecule has 0 bridgehead atoms. The molecule has 1 heterocycles. The van der Waals surface area contributed by atoms with Crippen molar-refractivity contribution in [3.8, 4) is 0 Å². The fraction of sp³-hybridized carbons (Fsp3) is 0.429. The Hall–Kier alpha value is -2.08. The van der Waals surface area contributed by atoms with E-state index in [1.54, 1.807) is 18.2 Å². The standard InChI is InChI=1S/C14H19N3O3/c15-8-10-3-1-4-11(7-10)13(18)16-12-5-2-6-17(9-12)14(19)20/h1,3-4,7,12H,2,5-6,8-9,15H2,(H,16,18)(H,19,20). The van der Waals surface area contributed by atoms with Crippen molar-refractivity contribution in [3.63, 3.8) is 0 Å². The molecule has 20 heavy (non-hydrogen) atoms. The average molecular weight is 277 g/mol. The lowest BCUT2D eigenvalue weighted by Crippen LogP contribution is -2.49. The van der Waals surface area contributed by atoms with Crippen LogP contribution in [0.25, 0.3) is 0 Å². The summed E-state index contributed by atoms with van der Waals surface area (Å²) in [5.41, 5.74) is 7.00. The third-order valence-corrected chi connectivity index (χ3v) is 3.45. The van der Waals surface area contributed by atoms with E-state index in [2.05, 4.69) is 5.32 Å². The van der Waals surface area contributed by atoms with E-state index in [1.807, 2.05) is 6.07 Å². The van der Waals surface area contributed by atoms with Gasteiger partial charge >= 0.3 is 6.09 Å². The van der Waals surface area contributed by atoms with E-state index in [9.17, 15) is 9.59 Å². The van der Waals surface area contributed by atoms with Crippen LogP contribution in [0.5, 0.6) is 0 Å². The van der Waals surface area contributed by atoms with Gasteiger partial charge in [-0.05, 0) is 30.5 Å². The molecule has 0 saturated carbocycles. The maximum absolute atomic E-state index is 12.1. The molecule has 6 nitrogen and oxygen atoms in total. The molecule has 6 heteroatoms. The number of nitrogens with zero attached hydrogens (tertiary/aromatic N) is 1. The summed E-state index contributed by atoms with van der Waals surface area (Å²) in [5, 5.41) is 11.9. The summed E-state index contributed by atoms with van der Waals surface area (Å²) in [6.07, 6.45) is 0.626. The number of carboxylic acid groups (broad SMARTS) is 1. The Kier molecular flexibility index (Phi) is 4.57. The predicted octanol–water partition coefficient (Wildman–Crippen LogP) is 1.02. The molecule has 1 aliphatic heterocycles. The molecule has 2 rings (SSSR count). The Morgan fingerprint density at radius 3 is 2.95 bits per heavy atom.